The minimum atomic E-state index is -1.03. The maximum Gasteiger partial charge on any atom is 0.338 e. The lowest BCUT2D eigenvalue weighted by Crippen LogP contribution is -2.00. The molecule has 3 aromatic rings. The van der Waals surface area contributed by atoms with Crippen LogP contribution in [0.1, 0.15) is 10.4 Å². The van der Waals surface area contributed by atoms with Crippen LogP contribution in [0.2, 0.25) is 0 Å². The molecule has 2 heterocycles. The maximum atomic E-state index is 11.2. The van der Waals surface area contributed by atoms with Gasteiger partial charge in [0.1, 0.15) is 15.8 Å². The van der Waals surface area contributed by atoms with E-state index in [0.29, 0.717) is 10.1 Å². The van der Waals surface area contributed by atoms with Crippen molar-refractivity contribution in [3.63, 3.8) is 0 Å². The van der Waals surface area contributed by atoms with Crippen molar-refractivity contribution in [3.8, 4) is 5.75 Å². The Labute approximate surface area is 124 Å². The van der Waals surface area contributed by atoms with Crippen LogP contribution in [0.5, 0.6) is 5.75 Å². The predicted octanol–water partition coefficient (Wildman–Crippen LogP) is 3.18. The summed E-state index contributed by atoms with van der Waals surface area (Å²) in [6.45, 7) is 0. The second-order valence-corrected chi connectivity index (χ2v) is 5.26. The Kier molecular flexibility index (Phi) is 3.45. The van der Waals surface area contributed by atoms with Gasteiger partial charge in [-0.15, -0.1) is 0 Å². The molecule has 0 atom stereocenters. The molecule has 0 aliphatic rings. The number of pyridine rings is 2. The number of fused-ring (bicyclic) bond motifs is 1. The van der Waals surface area contributed by atoms with E-state index in [-0.39, 0.29) is 11.3 Å². The van der Waals surface area contributed by atoms with Crippen LogP contribution in [0.15, 0.2) is 58.8 Å². The minimum absolute atomic E-state index is 0.126. The van der Waals surface area contributed by atoms with Crippen molar-refractivity contribution < 1.29 is 15.0 Å². The highest BCUT2D eigenvalue weighted by atomic mass is 32.2. The number of benzene rings is 1. The number of aromatic nitrogens is 2. The summed E-state index contributed by atoms with van der Waals surface area (Å²) in [6, 6.07) is 9.90. The molecular weight excluding hydrogens is 288 g/mol. The lowest BCUT2D eigenvalue weighted by atomic mass is 10.2. The van der Waals surface area contributed by atoms with E-state index in [0.717, 1.165) is 10.8 Å². The third-order valence-corrected chi connectivity index (χ3v) is 3.95. The minimum Gasteiger partial charge on any atom is -0.508 e. The molecule has 3 rings (SSSR count). The second kappa shape index (κ2) is 5.41. The molecule has 104 valence electrons. The summed E-state index contributed by atoms with van der Waals surface area (Å²) >= 11 is 1.17. The van der Waals surface area contributed by atoms with Crippen LogP contribution in [0.4, 0.5) is 0 Å². The maximum absolute atomic E-state index is 11.2. The predicted molar refractivity (Wildman–Crippen MR) is 78.7 cm³/mol. The zero-order valence-electron chi connectivity index (χ0n) is 10.7. The lowest BCUT2D eigenvalue weighted by molar-refractivity contribution is 0.0692. The molecule has 2 aromatic heterocycles. The van der Waals surface area contributed by atoms with Crippen LogP contribution >= 0.6 is 11.8 Å². The Morgan fingerprint density at radius 1 is 1.05 bits per heavy atom. The monoisotopic (exact) mass is 298 g/mol. The molecule has 0 aliphatic heterocycles. The molecule has 21 heavy (non-hydrogen) atoms. The van der Waals surface area contributed by atoms with Crippen LogP contribution < -0.4 is 0 Å². The summed E-state index contributed by atoms with van der Waals surface area (Å²) in [5.74, 6) is -0.898. The third-order valence-electron chi connectivity index (χ3n) is 2.91. The van der Waals surface area contributed by atoms with E-state index in [1.54, 1.807) is 30.5 Å². The Bertz CT molecular complexity index is 836. The number of phenolic OH excluding ortho intramolecular Hbond substituents is 1. The number of hydrogen-bond donors (Lipinski definition) is 2. The summed E-state index contributed by atoms with van der Waals surface area (Å²) in [6.07, 6.45) is 3.18. The van der Waals surface area contributed by atoms with Crippen molar-refractivity contribution in [2.45, 2.75) is 10.1 Å². The van der Waals surface area contributed by atoms with E-state index in [2.05, 4.69) is 9.97 Å². The van der Waals surface area contributed by atoms with Crippen LogP contribution in [-0.2, 0) is 0 Å². The molecule has 0 saturated heterocycles. The molecule has 2 N–H and O–H groups in total. The number of aromatic carboxylic acids is 1. The fraction of sp³-hybridized carbons (Fsp3) is 0. The Hall–Kier alpha value is -2.60. The molecule has 0 aliphatic carbocycles. The van der Waals surface area contributed by atoms with Crippen LogP contribution in [-0.4, -0.2) is 26.2 Å². The number of nitrogens with zero attached hydrogens (tertiary/aromatic N) is 2. The standard InChI is InChI=1S/C15H10N2O3S/c18-10-4-3-9-5-7-17-14(12(9)8-10)21-13-11(15(19)20)2-1-6-16-13/h1-8,18H,(H,19,20). The zero-order chi connectivity index (χ0) is 14.8. The molecule has 0 saturated carbocycles. The first-order valence-electron chi connectivity index (χ1n) is 6.09. The van der Waals surface area contributed by atoms with Gasteiger partial charge in [-0.05, 0) is 47.5 Å². The molecule has 0 amide bonds. The van der Waals surface area contributed by atoms with Gasteiger partial charge in [0.25, 0.3) is 0 Å². The zero-order valence-corrected chi connectivity index (χ0v) is 11.5. The average molecular weight is 298 g/mol. The molecule has 0 bridgehead atoms. The van der Waals surface area contributed by atoms with E-state index in [1.165, 1.54) is 24.0 Å². The largest absolute Gasteiger partial charge is 0.508 e. The van der Waals surface area contributed by atoms with Gasteiger partial charge >= 0.3 is 5.97 Å². The molecule has 6 heteroatoms. The van der Waals surface area contributed by atoms with Crippen molar-refractivity contribution in [2.75, 3.05) is 0 Å². The van der Waals surface area contributed by atoms with Crippen LogP contribution in [0.3, 0.4) is 0 Å². The number of carbonyl (C=O) groups is 1. The van der Waals surface area contributed by atoms with E-state index in [9.17, 15) is 15.0 Å². The molecule has 0 radical (unpaired) electrons. The molecule has 1 aromatic carbocycles. The average Bonchev–Trinajstić information content (AvgIpc) is 2.48. The summed E-state index contributed by atoms with van der Waals surface area (Å²) in [5.41, 5.74) is 0.126. The number of carboxylic acid groups (broad SMARTS) is 1. The Morgan fingerprint density at radius 3 is 2.67 bits per heavy atom. The number of hydrogen-bond acceptors (Lipinski definition) is 5. The Balaban J connectivity index is 2.11. The molecule has 0 unspecified atom stereocenters. The first-order valence-corrected chi connectivity index (χ1v) is 6.91. The van der Waals surface area contributed by atoms with Gasteiger partial charge in [-0.3, -0.25) is 0 Å². The summed E-state index contributed by atoms with van der Waals surface area (Å²) < 4.78 is 0. The van der Waals surface area contributed by atoms with E-state index >= 15 is 0 Å². The van der Waals surface area contributed by atoms with Crippen LogP contribution in [0.25, 0.3) is 10.8 Å². The van der Waals surface area contributed by atoms with Gasteiger partial charge in [-0.2, -0.15) is 0 Å². The smallest absolute Gasteiger partial charge is 0.338 e. The molecule has 5 nitrogen and oxygen atoms in total. The van der Waals surface area contributed by atoms with E-state index < -0.39 is 5.97 Å². The van der Waals surface area contributed by atoms with Gasteiger partial charge in [-0.25, -0.2) is 14.8 Å². The fourth-order valence-corrected chi connectivity index (χ4v) is 2.90. The van der Waals surface area contributed by atoms with Crippen molar-refractivity contribution in [1.82, 2.24) is 9.97 Å². The van der Waals surface area contributed by atoms with Gasteiger partial charge in [0.15, 0.2) is 0 Å². The normalized spacial score (nSPS) is 10.7. The van der Waals surface area contributed by atoms with Crippen molar-refractivity contribution in [3.05, 3.63) is 54.4 Å². The summed E-state index contributed by atoms with van der Waals surface area (Å²) in [7, 11) is 0. The van der Waals surface area contributed by atoms with Crippen LogP contribution in [0, 0.1) is 0 Å². The SMILES string of the molecule is O=C(O)c1cccnc1Sc1nccc2ccc(O)cc12. The van der Waals surface area contributed by atoms with Crippen molar-refractivity contribution in [2.24, 2.45) is 0 Å². The summed E-state index contributed by atoms with van der Waals surface area (Å²) in [4.78, 5) is 19.6. The Morgan fingerprint density at radius 2 is 1.86 bits per heavy atom. The number of phenols is 1. The lowest BCUT2D eigenvalue weighted by Gasteiger charge is -2.07. The van der Waals surface area contributed by atoms with Gasteiger partial charge < -0.3 is 10.2 Å². The fourth-order valence-electron chi connectivity index (χ4n) is 1.94. The highest BCUT2D eigenvalue weighted by Gasteiger charge is 2.14. The quantitative estimate of drug-likeness (QED) is 0.772. The first-order chi connectivity index (χ1) is 10.1. The number of carboxylic acids is 1. The number of rotatable bonds is 3. The van der Waals surface area contributed by atoms with Gasteiger partial charge in [0, 0.05) is 17.8 Å². The van der Waals surface area contributed by atoms with Gasteiger partial charge in [0.2, 0.25) is 0 Å². The third kappa shape index (κ3) is 2.66. The van der Waals surface area contributed by atoms with Gasteiger partial charge in [-0.1, -0.05) is 6.07 Å². The highest BCUT2D eigenvalue weighted by molar-refractivity contribution is 7.99. The highest BCUT2D eigenvalue weighted by Crippen LogP contribution is 2.33. The van der Waals surface area contributed by atoms with Crippen molar-refractivity contribution in [1.29, 1.82) is 0 Å². The molecular formula is C15H10N2O3S. The van der Waals surface area contributed by atoms with E-state index in [1.807, 2.05) is 6.07 Å². The van der Waals surface area contributed by atoms with Gasteiger partial charge in [0.05, 0.1) is 5.56 Å². The topological polar surface area (TPSA) is 83.3 Å². The second-order valence-electron chi connectivity index (χ2n) is 4.28. The van der Waals surface area contributed by atoms with Crippen molar-refractivity contribution >= 4 is 28.5 Å². The first kappa shape index (κ1) is 13.4. The molecule has 0 fully saturated rings. The number of aromatic hydroxyl groups is 1. The summed E-state index contributed by atoms with van der Waals surface area (Å²) in [5, 5.41) is 21.4. The molecule has 0 spiro atoms. The van der Waals surface area contributed by atoms with E-state index in [4.69, 9.17) is 0 Å².